The Bertz CT molecular complexity index is 551. The van der Waals surface area contributed by atoms with Crippen LogP contribution in [0.25, 0.3) is 0 Å². The Balaban J connectivity index is 1.87. The number of carbonyl (C=O) groups excluding carboxylic acids is 1. The number of rotatable bonds is 4. The van der Waals surface area contributed by atoms with Gasteiger partial charge < -0.3 is 10.3 Å². The van der Waals surface area contributed by atoms with Gasteiger partial charge in [-0.25, -0.2) is 0 Å². The van der Waals surface area contributed by atoms with Crippen molar-refractivity contribution < 1.29 is 9.32 Å². The van der Waals surface area contributed by atoms with Crippen molar-refractivity contribution >= 4 is 17.6 Å². The fraction of sp³-hybridized carbons (Fsp3) is 0.250. The van der Waals surface area contributed by atoms with Crippen LogP contribution in [0.5, 0.6) is 0 Å². The molecular formula is C12H14N4O2. The van der Waals surface area contributed by atoms with Crippen LogP contribution in [-0.4, -0.2) is 16.0 Å². The molecule has 0 aliphatic heterocycles. The summed E-state index contributed by atoms with van der Waals surface area (Å²) in [4.78, 5) is 15.5. The van der Waals surface area contributed by atoms with Crippen molar-refractivity contribution in [1.29, 1.82) is 0 Å². The maximum absolute atomic E-state index is 11.6. The molecule has 3 N–H and O–H groups in total. The van der Waals surface area contributed by atoms with E-state index in [4.69, 9.17) is 10.3 Å². The molecule has 0 radical (unpaired) electrons. The predicted octanol–water partition coefficient (Wildman–Crippen LogP) is 1.53. The summed E-state index contributed by atoms with van der Waals surface area (Å²) in [7, 11) is 0. The lowest BCUT2D eigenvalue weighted by Gasteiger charge is -2.04. The molecule has 0 aliphatic carbocycles. The molecule has 1 heterocycles. The predicted molar refractivity (Wildman–Crippen MR) is 66.8 cm³/mol. The number of aromatic nitrogens is 2. The molecule has 0 saturated carbocycles. The van der Waals surface area contributed by atoms with Crippen molar-refractivity contribution in [1.82, 2.24) is 10.1 Å². The second-order valence-electron chi connectivity index (χ2n) is 3.89. The van der Waals surface area contributed by atoms with Crippen LogP contribution in [0.1, 0.15) is 17.8 Å². The Hall–Kier alpha value is -2.37. The molecule has 0 bridgehead atoms. The third-order valence-electron chi connectivity index (χ3n) is 2.45. The Morgan fingerprint density at radius 3 is 2.89 bits per heavy atom. The van der Waals surface area contributed by atoms with Gasteiger partial charge in [0, 0.05) is 12.1 Å². The third kappa shape index (κ3) is 3.07. The van der Waals surface area contributed by atoms with E-state index in [9.17, 15) is 4.79 Å². The second kappa shape index (κ2) is 5.31. The molecule has 2 rings (SSSR count). The number of nitrogens with zero attached hydrogens (tertiary/aromatic N) is 2. The second-order valence-corrected chi connectivity index (χ2v) is 3.89. The SMILES string of the molecule is Cc1noc(NC(=O)CCc2ccccc2N)n1. The highest BCUT2D eigenvalue weighted by molar-refractivity contribution is 5.88. The van der Waals surface area contributed by atoms with Crippen LogP contribution in [-0.2, 0) is 11.2 Å². The molecule has 0 spiro atoms. The van der Waals surface area contributed by atoms with Gasteiger partial charge >= 0.3 is 6.01 Å². The van der Waals surface area contributed by atoms with E-state index in [1.165, 1.54) is 0 Å². The number of amides is 1. The molecule has 6 heteroatoms. The Morgan fingerprint density at radius 2 is 2.22 bits per heavy atom. The highest BCUT2D eigenvalue weighted by Gasteiger charge is 2.08. The Kier molecular flexibility index (Phi) is 3.57. The molecule has 0 fully saturated rings. The zero-order valence-corrected chi connectivity index (χ0v) is 10.0. The van der Waals surface area contributed by atoms with Gasteiger partial charge in [-0.3, -0.25) is 10.1 Å². The molecular weight excluding hydrogens is 232 g/mol. The van der Waals surface area contributed by atoms with Crippen LogP contribution in [0.3, 0.4) is 0 Å². The monoisotopic (exact) mass is 246 g/mol. The van der Waals surface area contributed by atoms with Crippen molar-refractivity contribution in [2.45, 2.75) is 19.8 Å². The van der Waals surface area contributed by atoms with E-state index < -0.39 is 0 Å². The summed E-state index contributed by atoms with van der Waals surface area (Å²) in [5, 5.41) is 6.11. The number of hydrogen-bond acceptors (Lipinski definition) is 5. The quantitative estimate of drug-likeness (QED) is 0.798. The normalized spacial score (nSPS) is 10.3. The van der Waals surface area contributed by atoms with E-state index in [-0.39, 0.29) is 11.9 Å². The molecule has 1 amide bonds. The van der Waals surface area contributed by atoms with E-state index >= 15 is 0 Å². The number of carbonyl (C=O) groups is 1. The largest absolute Gasteiger partial charge is 0.399 e. The van der Waals surface area contributed by atoms with E-state index in [2.05, 4.69) is 15.5 Å². The van der Waals surface area contributed by atoms with E-state index in [1.807, 2.05) is 24.3 Å². The molecule has 0 saturated heterocycles. The van der Waals surface area contributed by atoms with Gasteiger partial charge in [0.1, 0.15) is 0 Å². The maximum atomic E-state index is 11.6. The number of nitrogen functional groups attached to an aromatic ring is 1. The molecule has 2 aromatic rings. The molecule has 6 nitrogen and oxygen atoms in total. The molecule has 18 heavy (non-hydrogen) atoms. The van der Waals surface area contributed by atoms with Gasteiger partial charge in [-0.05, 0) is 25.0 Å². The summed E-state index contributed by atoms with van der Waals surface area (Å²) in [6.45, 7) is 1.68. The number of hydrogen-bond donors (Lipinski definition) is 2. The highest BCUT2D eigenvalue weighted by atomic mass is 16.5. The van der Waals surface area contributed by atoms with Crippen LogP contribution in [0.15, 0.2) is 28.8 Å². The molecule has 1 aromatic carbocycles. The first-order valence-corrected chi connectivity index (χ1v) is 5.58. The lowest BCUT2D eigenvalue weighted by atomic mass is 10.1. The lowest BCUT2D eigenvalue weighted by Crippen LogP contribution is -2.13. The molecule has 94 valence electrons. The van der Waals surface area contributed by atoms with Crippen molar-refractivity contribution in [3.8, 4) is 0 Å². The van der Waals surface area contributed by atoms with Gasteiger partial charge in [-0.1, -0.05) is 23.4 Å². The summed E-state index contributed by atoms with van der Waals surface area (Å²) in [5.74, 6) is 0.305. The van der Waals surface area contributed by atoms with Gasteiger partial charge in [0.05, 0.1) is 0 Å². The fourth-order valence-electron chi connectivity index (χ4n) is 1.54. The molecule has 0 aliphatic rings. The molecule has 1 aromatic heterocycles. The van der Waals surface area contributed by atoms with Crippen LogP contribution in [0.2, 0.25) is 0 Å². The summed E-state index contributed by atoms with van der Waals surface area (Å²) in [6, 6.07) is 7.60. The molecule has 0 atom stereocenters. The van der Waals surface area contributed by atoms with E-state index in [0.717, 1.165) is 5.56 Å². The Morgan fingerprint density at radius 1 is 1.44 bits per heavy atom. The Labute approximate surface area is 104 Å². The zero-order chi connectivity index (χ0) is 13.0. The maximum Gasteiger partial charge on any atom is 0.328 e. The smallest absolute Gasteiger partial charge is 0.328 e. The number of anilines is 2. The number of aryl methyl sites for hydroxylation is 2. The number of benzene rings is 1. The first-order chi connectivity index (χ1) is 8.65. The van der Waals surface area contributed by atoms with Crippen molar-refractivity contribution in [2.75, 3.05) is 11.1 Å². The number of para-hydroxylation sites is 1. The van der Waals surface area contributed by atoms with Crippen LogP contribution < -0.4 is 11.1 Å². The number of nitrogens with one attached hydrogen (secondary N) is 1. The lowest BCUT2D eigenvalue weighted by molar-refractivity contribution is -0.116. The average molecular weight is 246 g/mol. The topological polar surface area (TPSA) is 94.0 Å². The van der Waals surface area contributed by atoms with E-state index in [0.29, 0.717) is 24.4 Å². The van der Waals surface area contributed by atoms with Gasteiger partial charge in [0.2, 0.25) is 5.91 Å². The summed E-state index contributed by atoms with van der Waals surface area (Å²) >= 11 is 0. The van der Waals surface area contributed by atoms with Crippen LogP contribution in [0, 0.1) is 6.92 Å². The minimum atomic E-state index is -0.179. The van der Waals surface area contributed by atoms with Gasteiger partial charge in [-0.15, -0.1) is 0 Å². The first-order valence-electron chi connectivity index (χ1n) is 5.58. The highest BCUT2D eigenvalue weighted by Crippen LogP contribution is 2.13. The van der Waals surface area contributed by atoms with Gasteiger partial charge in [0.25, 0.3) is 0 Å². The average Bonchev–Trinajstić information content (AvgIpc) is 2.74. The third-order valence-corrected chi connectivity index (χ3v) is 2.45. The van der Waals surface area contributed by atoms with Crippen LogP contribution in [0.4, 0.5) is 11.7 Å². The standard InChI is InChI=1S/C12H14N4O2/c1-8-14-12(18-16-8)15-11(17)7-6-9-4-2-3-5-10(9)13/h2-5H,6-7,13H2,1H3,(H,14,15,16,17). The minimum Gasteiger partial charge on any atom is -0.399 e. The summed E-state index contributed by atoms with van der Waals surface area (Å²) < 4.78 is 4.79. The first kappa shape index (κ1) is 12.1. The summed E-state index contributed by atoms with van der Waals surface area (Å²) in [5.41, 5.74) is 7.44. The van der Waals surface area contributed by atoms with Crippen LogP contribution >= 0.6 is 0 Å². The van der Waals surface area contributed by atoms with E-state index in [1.54, 1.807) is 6.92 Å². The van der Waals surface area contributed by atoms with Gasteiger partial charge in [-0.2, -0.15) is 4.98 Å². The zero-order valence-electron chi connectivity index (χ0n) is 10.0. The fourth-order valence-corrected chi connectivity index (χ4v) is 1.54. The number of nitrogens with two attached hydrogens (primary N) is 1. The summed E-state index contributed by atoms with van der Waals surface area (Å²) in [6.07, 6.45) is 0.890. The molecule has 0 unspecified atom stereocenters. The minimum absolute atomic E-state index is 0.124. The van der Waals surface area contributed by atoms with Crippen molar-refractivity contribution in [2.24, 2.45) is 0 Å². The van der Waals surface area contributed by atoms with Gasteiger partial charge in [0.15, 0.2) is 5.82 Å². The van der Waals surface area contributed by atoms with Crippen molar-refractivity contribution in [3.63, 3.8) is 0 Å². The van der Waals surface area contributed by atoms with Crippen molar-refractivity contribution in [3.05, 3.63) is 35.7 Å².